The minimum absolute atomic E-state index is 0.0826. The van der Waals surface area contributed by atoms with Crippen molar-refractivity contribution in [1.29, 1.82) is 0 Å². The molecule has 1 aromatic heterocycles. The van der Waals surface area contributed by atoms with Crippen LogP contribution in [0.4, 0.5) is 13.2 Å². The second kappa shape index (κ2) is 11.9. The number of aromatic nitrogens is 1. The number of nitrogens with zero attached hydrogens (tertiary/aromatic N) is 1. The molecule has 1 atom stereocenters. The second-order valence-corrected chi connectivity index (χ2v) is 7.47. The van der Waals surface area contributed by atoms with Gasteiger partial charge >= 0.3 is 17.7 Å². The van der Waals surface area contributed by atoms with Crippen LogP contribution in [-0.2, 0) is 22.5 Å². The van der Waals surface area contributed by atoms with E-state index in [2.05, 4.69) is 12.1 Å². The zero-order valence-electron chi connectivity index (χ0n) is 16.8. The standard InChI is InChI=1S/C21H25F3N2O2.O2S/c22-21(23,24)17-10-11-26(20(27)12-17)18(13-25)14-28-19-8-6-16(7-9-19)15-4-2-1-3-5-15;1-3-2/h1-5,10-12,16,18-19H,6-9,13-14,25H2;. The average molecular weight is 459 g/mol. The highest BCUT2D eigenvalue weighted by Crippen LogP contribution is 2.34. The van der Waals surface area contributed by atoms with E-state index in [1.807, 2.05) is 18.2 Å². The largest absolute Gasteiger partial charge is 0.416 e. The highest BCUT2D eigenvalue weighted by molar-refractivity contribution is 7.51. The summed E-state index contributed by atoms with van der Waals surface area (Å²) in [7, 11) is 0. The summed E-state index contributed by atoms with van der Waals surface area (Å²) in [6.45, 7) is 0.326. The van der Waals surface area contributed by atoms with E-state index in [-0.39, 0.29) is 19.3 Å². The quantitative estimate of drug-likeness (QED) is 0.716. The lowest BCUT2D eigenvalue weighted by molar-refractivity contribution is -0.137. The molecule has 0 aliphatic heterocycles. The summed E-state index contributed by atoms with van der Waals surface area (Å²) < 4.78 is 62.0. The smallest absolute Gasteiger partial charge is 0.376 e. The molecule has 0 amide bonds. The zero-order valence-corrected chi connectivity index (χ0v) is 17.6. The number of hydrogen-bond donors (Lipinski definition) is 1. The summed E-state index contributed by atoms with van der Waals surface area (Å²) in [5.74, 6) is 0.531. The van der Waals surface area contributed by atoms with Gasteiger partial charge in [0, 0.05) is 18.8 Å². The van der Waals surface area contributed by atoms with Crippen molar-refractivity contribution >= 4 is 11.6 Å². The lowest BCUT2D eigenvalue weighted by Gasteiger charge is -2.30. The third kappa shape index (κ3) is 7.41. The van der Waals surface area contributed by atoms with Crippen LogP contribution in [0.1, 0.15) is 48.8 Å². The van der Waals surface area contributed by atoms with E-state index in [4.69, 9.17) is 18.9 Å². The SMILES string of the molecule is NCC(COC1CCC(c2ccccc2)CC1)n1ccc(C(F)(F)F)cc1=O.O=S=O. The number of nitrogens with two attached hydrogens (primary N) is 1. The molecule has 1 aromatic carbocycles. The van der Waals surface area contributed by atoms with E-state index in [9.17, 15) is 18.0 Å². The Labute approximate surface area is 181 Å². The third-order valence-electron chi connectivity index (χ3n) is 5.41. The van der Waals surface area contributed by atoms with Crippen molar-refractivity contribution in [2.24, 2.45) is 5.73 Å². The van der Waals surface area contributed by atoms with Crippen LogP contribution in [0.15, 0.2) is 53.5 Å². The summed E-state index contributed by atoms with van der Waals surface area (Å²) in [6.07, 6.45) is 0.587. The number of pyridine rings is 1. The molecule has 31 heavy (non-hydrogen) atoms. The fraction of sp³-hybridized carbons (Fsp3) is 0.476. The Balaban J connectivity index is 0.00000107. The maximum Gasteiger partial charge on any atom is 0.416 e. The molecular weight excluding hydrogens is 433 g/mol. The first kappa shape index (κ1) is 25.0. The molecule has 1 aliphatic rings. The molecule has 0 saturated heterocycles. The van der Waals surface area contributed by atoms with Crippen LogP contribution in [0.5, 0.6) is 0 Å². The Bertz CT molecular complexity index is 907. The average Bonchev–Trinajstić information content (AvgIpc) is 2.76. The van der Waals surface area contributed by atoms with Gasteiger partial charge in [0.05, 0.1) is 24.3 Å². The van der Waals surface area contributed by atoms with Crippen LogP contribution < -0.4 is 11.3 Å². The first-order chi connectivity index (χ1) is 14.8. The number of rotatable bonds is 6. The Morgan fingerprint density at radius 2 is 1.71 bits per heavy atom. The predicted octanol–water partition coefficient (Wildman–Crippen LogP) is 3.44. The molecule has 1 aliphatic carbocycles. The lowest BCUT2D eigenvalue weighted by Crippen LogP contribution is -2.34. The topological polar surface area (TPSA) is 91.4 Å². The van der Waals surface area contributed by atoms with Gasteiger partial charge < -0.3 is 15.0 Å². The number of benzene rings is 1. The Hall–Kier alpha value is -2.30. The predicted molar refractivity (Wildman–Crippen MR) is 110 cm³/mol. The van der Waals surface area contributed by atoms with Crippen LogP contribution in [0.25, 0.3) is 0 Å². The van der Waals surface area contributed by atoms with Gasteiger partial charge in [0.25, 0.3) is 5.56 Å². The van der Waals surface area contributed by atoms with E-state index in [1.165, 1.54) is 10.1 Å². The van der Waals surface area contributed by atoms with Crippen molar-refractivity contribution in [3.05, 3.63) is 70.1 Å². The maximum absolute atomic E-state index is 12.7. The van der Waals surface area contributed by atoms with E-state index in [0.717, 1.165) is 37.9 Å². The maximum atomic E-state index is 12.7. The van der Waals surface area contributed by atoms with Crippen molar-refractivity contribution in [3.8, 4) is 0 Å². The van der Waals surface area contributed by atoms with Gasteiger partial charge in [-0.25, -0.2) is 0 Å². The van der Waals surface area contributed by atoms with E-state index in [1.54, 1.807) is 0 Å². The van der Waals surface area contributed by atoms with Crippen LogP contribution in [-0.4, -0.2) is 32.2 Å². The monoisotopic (exact) mass is 458 g/mol. The molecule has 0 spiro atoms. The van der Waals surface area contributed by atoms with E-state index in [0.29, 0.717) is 12.0 Å². The van der Waals surface area contributed by atoms with Crippen molar-refractivity contribution in [1.82, 2.24) is 4.57 Å². The van der Waals surface area contributed by atoms with Crippen LogP contribution in [0.2, 0.25) is 0 Å². The number of ether oxygens (including phenoxy) is 1. The van der Waals surface area contributed by atoms with Gasteiger partial charge in [0.1, 0.15) is 0 Å². The summed E-state index contributed by atoms with van der Waals surface area (Å²) in [5, 5.41) is 0. The summed E-state index contributed by atoms with van der Waals surface area (Å²) >= 11 is -0.750. The normalized spacial score (nSPS) is 19.7. The third-order valence-corrected chi connectivity index (χ3v) is 5.41. The second-order valence-electron chi connectivity index (χ2n) is 7.33. The number of hydrogen-bond acceptors (Lipinski definition) is 5. The fourth-order valence-electron chi connectivity index (χ4n) is 3.76. The van der Waals surface area contributed by atoms with Gasteiger partial charge in [-0.1, -0.05) is 30.3 Å². The van der Waals surface area contributed by atoms with Gasteiger partial charge in [-0.05, 0) is 43.2 Å². The Morgan fingerprint density at radius 1 is 1.10 bits per heavy atom. The molecular formula is C21H25F3N2O4S. The fourth-order valence-corrected chi connectivity index (χ4v) is 3.76. The molecule has 1 heterocycles. The van der Waals surface area contributed by atoms with Crippen molar-refractivity contribution < 1.29 is 26.3 Å². The molecule has 6 nitrogen and oxygen atoms in total. The first-order valence-electron chi connectivity index (χ1n) is 9.88. The van der Waals surface area contributed by atoms with Crippen molar-refractivity contribution in [2.45, 2.75) is 49.9 Å². The first-order valence-corrected chi connectivity index (χ1v) is 10.5. The minimum atomic E-state index is -4.54. The molecule has 1 unspecified atom stereocenters. The van der Waals surface area contributed by atoms with Gasteiger partial charge in [-0.3, -0.25) is 4.79 Å². The van der Waals surface area contributed by atoms with Gasteiger partial charge in [-0.15, -0.1) is 0 Å². The van der Waals surface area contributed by atoms with Crippen molar-refractivity contribution in [3.63, 3.8) is 0 Å². The minimum Gasteiger partial charge on any atom is -0.376 e. The molecule has 170 valence electrons. The van der Waals surface area contributed by atoms with Gasteiger partial charge in [0.15, 0.2) is 0 Å². The lowest BCUT2D eigenvalue weighted by atomic mass is 9.83. The van der Waals surface area contributed by atoms with Crippen LogP contribution in [0, 0.1) is 0 Å². The van der Waals surface area contributed by atoms with Crippen molar-refractivity contribution in [2.75, 3.05) is 13.2 Å². The molecule has 10 heteroatoms. The number of halogens is 3. The Morgan fingerprint density at radius 3 is 2.23 bits per heavy atom. The van der Waals surface area contributed by atoms with Crippen LogP contribution in [0.3, 0.4) is 0 Å². The van der Waals surface area contributed by atoms with E-state index >= 15 is 0 Å². The molecule has 1 fully saturated rings. The summed E-state index contributed by atoms with van der Waals surface area (Å²) in [6, 6.07) is 11.4. The molecule has 0 radical (unpaired) electrons. The molecule has 0 bridgehead atoms. The highest BCUT2D eigenvalue weighted by atomic mass is 32.1. The van der Waals surface area contributed by atoms with Crippen LogP contribution >= 0.6 is 0 Å². The summed E-state index contributed by atoms with van der Waals surface area (Å²) in [4.78, 5) is 12.1. The molecule has 3 rings (SSSR count). The highest BCUT2D eigenvalue weighted by Gasteiger charge is 2.31. The van der Waals surface area contributed by atoms with Gasteiger partial charge in [0.2, 0.25) is 0 Å². The van der Waals surface area contributed by atoms with Gasteiger partial charge in [-0.2, -0.15) is 21.6 Å². The molecule has 1 saturated carbocycles. The Kier molecular flexibility index (Phi) is 9.60. The van der Waals surface area contributed by atoms with E-state index < -0.39 is 34.9 Å². The zero-order chi connectivity index (χ0) is 22.9. The summed E-state index contributed by atoms with van der Waals surface area (Å²) in [5.41, 5.74) is 5.42. The molecule has 2 aromatic rings. The molecule has 2 N–H and O–H groups in total. The number of alkyl halides is 3.